The van der Waals surface area contributed by atoms with Crippen LogP contribution in [0.2, 0.25) is 0 Å². The van der Waals surface area contributed by atoms with Crippen molar-refractivity contribution in [3.8, 4) is 0 Å². The predicted molar refractivity (Wildman–Crippen MR) is 127 cm³/mol. The molecule has 0 saturated carbocycles. The Labute approximate surface area is 170 Å². The van der Waals surface area contributed by atoms with Crippen molar-refractivity contribution < 1.29 is 0 Å². The molecule has 0 heterocycles. The van der Waals surface area contributed by atoms with Crippen LogP contribution in [0.1, 0.15) is 101 Å². The average molecular weight is 371 g/mol. The molecule has 0 radical (unpaired) electrons. The quantitative estimate of drug-likeness (QED) is 0.314. The maximum atomic E-state index is 2.48. The molecule has 0 saturated heterocycles. The fraction of sp³-hybridized carbons (Fsp3) is 0.429. The molecule has 0 fully saturated rings. The molecule has 28 heavy (non-hydrogen) atoms. The summed E-state index contributed by atoms with van der Waals surface area (Å²) >= 11 is 0. The molecule has 0 nitrogen and oxygen atoms in total. The Hall–Kier alpha value is -2.08. The second-order valence-electron chi connectivity index (χ2n) is 9.80. The standard InChI is InChI=1S/C28H34/c1-15(2)23-13-24(16(3)4)20-11-12-22-26(18(7)8)14-25(17(5)6)21-10-9-19(23)27(20)28(21)22/h9-18H,1-8H3. The fourth-order valence-electron chi connectivity index (χ4n) is 5.01. The van der Waals surface area contributed by atoms with E-state index in [0.717, 1.165) is 0 Å². The highest BCUT2D eigenvalue weighted by molar-refractivity contribution is 6.25. The largest absolute Gasteiger partial charge is 0.0587 e. The van der Waals surface area contributed by atoms with E-state index < -0.39 is 0 Å². The first kappa shape index (κ1) is 19.2. The molecule has 0 amide bonds. The van der Waals surface area contributed by atoms with Crippen molar-refractivity contribution in [3.63, 3.8) is 0 Å². The summed E-state index contributed by atoms with van der Waals surface area (Å²) in [5, 5.41) is 8.78. The summed E-state index contributed by atoms with van der Waals surface area (Å²) < 4.78 is 0. The summed E-state index contributed by atoms with van der Waals surface area (Å²) in [5.41, 5.74) is 5.97. The molecule has 0 aromatic heterocycles. The Morgan fingerprint density at radius 2 is 0.607 bits per heavy atom. The van der Waals surface area contributed by atoms with E-state index in [1.807, 2.05) is 0 Å². The van der Waals surface area contributed by atoms with Crippen molar-refractivity contribution in [2.45, 2.75) is 79.1 Å². The monoisotopic (exact) mass is 370 g/mol. The van der Waals surface area contributed by atoms with Crippen molar-refractivity contribution in [1.29, 1.82) is 0 Å². The van der Waals surface area contributed by atoms with E-state index >= 15 is 0 Å². The minimum Gasteiger partial charge on any atom is -0.0587 e. The Morgan fingerprint density at radius 1 is 0.393 bits per heavy atom. The molecule has 4 rings (SSSR count). The van der Waals surface area contributed by atoms with E-state index in [-0.39, 0.29) is 0 Å². The van der Waals surface area contributed by atoms with Crippen molar-refractivity contribution in [1.82, 2.24) is 0 Å². The van der Waals surface area contributed by atoms with Crippen molar-refractivity contribution in [3.05, 3.63) is 58.7 Å². The molecule has 0 atom stereocenters. The maximum Gasteiger partial charge on any atom is -0.00209 e. The van der Waals surface area contributed by atoms with Crippen molar-refractivity contribution >= 4 is 32.3 Å². The number of benzene rings is 4. The fourth-order valence-corrected chi connectivity index (χ4v) is 5.01. The third kappa shape index (κ3) is 2.72. The molecular weight excluding hydrogens is 336 g/mol. The van der Waals surface area contributed by atoms with Crippen LogP contribution in [0.15, 0.2) is 36.4 Å². The summed E-state index contributed by atoms with van der Waals surface area (Å²) in [4.78, 5) is 0. The topological polar surface area (TPSA) is 0 Å². The lowest BCUT2D eigenvalue weighted by Gasteiger charge is -2.24. The molecule has 0 aliphatic heterocycles. The summed E-state index contributed by atoms with van der Waals surface area (Å²) in [6.45, 7) is 18.6. The van der Waals surface area contributed by atoms with Crippen LogP contribution in [0.5, 0.6) is 0 Å². The maximum absolute atomic E-state index is 2.48. The minimum atomic E-state index is 0.524. The van der Waals surface area contributed by atoms with Gasteiger partial charge in [0.2, 0.25) is 0 Å². The van der Waals surface area contributed by atoms with Crippen LogP contribution in [0.4, 0.5) is 0 Å². The van der Waals surface area contributed by atoms with E-state index in [1.54, 1.807) is 0 Å². The SMILES string of the molecule is CC(C)c1cc(C(C)C)c2ccc3c(C(C)C)cc(C(C)C)c4ccc1c2c43. The first-order valence-corrected chi connectivity index (χ1v) is 11.0. The lowest BCUT2D eigenvalue weighted by molar-refractivity contribution is 0.845. The Kier molecular flexibility index (Phi) is 4.65. The summed E-state index contributed by atoms with van der Waals surface area (Å²) in [7, 11) is 0. The zero-order valence-corrected chi connectivity index (χ0v) is 18.8. The number of rotatable bonds is 4. The normalized spacial score (nSPS) is 12.9. The second-order valence-corrected chi connectivity index (χ2v) is 9.80. The average Bonchev–Trinajstić information content (AvgIpc) is 2.64. The van der Waals surface area contributed by atoms with E-state index in [9.17, 15) is 0 Å². The van der Waals surface area contributed by atoms with Crippen molar-refractivity contribution in [2.75, 3.05) is 0 Å². The van der Waals surface area contributed by atoms with Crippen molar-refractivity contribution in [2.24, 2.45) is 0 Å². The van der Waals surface area contributed by atoms with Crippen LogP contribution in [-0.2, 0) is 0 Å². The van der Waals surface area contributed by atoms with Crippen LogP contribution >= 0.6 is 0 Å². The van der Waals surface area contributed by atoms with E-state index in [2.05, 4.69) is 91.8 Å². The van der Waals surface area contributed by atoms with Gasteiger partial charge in [-0.05, 0) is 78.2 Å². The molecular formula is C28H34. The molecule has 0 heteroatoms. The van der Waals surface area contributed by atoms with Gasteiger partial charge in [0, 0.05) is 0 Å². The Morgan fingerprint density at radius 3 is 0.786 bits per heavy atom. The molecule has 0 N–H and O–H groups in total. The highest BCUT2D eigenvalue weighted by Crippen LogP contribution is 2.45. The van der Waals surface area contributed by atoms with Crippen LogP contribution in [0.3, 0.4) is 0 Å². The zero-order valence-electron chi connectivity index (χ0n) is 18.8. The first-order chi connectivity index (χ1) is 13.2. The summed E-state index contributed by atoms with van der Waals surface area (Å²) in [5.74, 6) is 2.10. The first-order valence-electron chi connectivity index (χ1n) is 11.0. The number of hydrogen-bond donors (Lipinski definition) is 0. The van der Waals surface area contributed by atoms with Crippen LogP contribution in [-0.4, -0.2) is 0 Å². The van der Waals surface area contributed by atoms with Gasteiger partial charge in [0.05, 0.1) is 0 Å². The molecule has 0 unspecified atom stereocenters. The highest BCUT2D eigenvalue weighted by Gasteiger charge is 2.21. The van der Waals surface area contributed by atoms with Gasteiger partial charge in [-0.3, -0.25) is 0 Å². The van der Waals surface area contributed by atoms with Gasteiger partial charge in [0.15, 0.2) is 0 Å². The lowest BCUT2D eigenvalue weighted by Crippen LogP contribution is -2.02. The smallest absolute Gasteiger partial charge is 0.00209 e. The second kappa shape index (κ2) is 6.76. The lowest BCUT2D eigenvalue weighted by atomic mass is 9.80. The van der Waals surface area contributed by atoms with Crippen LogP contribution < -0.4 is 0 Å². The van der Waals surface area contributed by atoms with Crippen LogP contribution in [0.25, 0.3) is 32.3 Å². The van der Waals surface area contributed by atoms with Gasteiger partial charge in [0.25, 0.3) is 0 Å². The Bertz CT molecular complexity index is 978. The summed E-state index contributed by atoms with van der Waals surface area (Å²) in [6.07, 6.45) is 0. The predicted octanol–water partition coefficient (Wildman–Crippen LogP) is 9.08. The summed E-state index contributed by atoms with van der Waals surface area (Å²) in [6, 6.07) is 14.5. The molecule has 0 spiro atoms. The minimum absolute atomic E-state index is 0.524. The van der Waals surface area contributed by atoms with Gasteiger partial charge in [-0.25, -0.2) is 0 Å². The van der Waals surface area contributed by atoms with Gasteiger partial charge in [0.1, 0.15) is 0 Å². The molecule has 146 valence electrons. The molecule has 0 aliphatic carbocycles. The molecule has 4 aromatic rings. The molecule has 0 bridgehead atoms. The van der Waals surface area contributed by atoms with Gasteiger partial charge in [-0.15, -0.1) is 0 Å². The van der Waals surface area contributed by atoms with Gasteiger partial charge >= 0.3 is 0 Å². The van der Waals surface area contributed by atoms with Crippen LogP contribution in [0, 0.1) is 0 Å². The van der Waals surface area contributed by atoms with E-state index in [4.69, 9.17) is 0 Å². The Balaban J connectivity index is 2.33. The molecule has 0 aliphatic rings. The van der Waals surface area contributed by atoms with E-state index in [0.29, 0.717) is 23.7 Å². The van der Waals surface area contributed by atoms with Gasteiger partial charge in [-0.2, -0.15) is 0 Å². The zero-order chi connectivity index (χ0) is 20.3. The number of hydrogen-bond acceptors (Lipinski definition) is 0. The van der Waals surface area contributed by atoms with Gasteiger partial charge in [-0.1, -0.05) is 91.8 Å². The third-order valence-corrected chi connectivity index (χ3v) is 6.51. The molecule has 4 aromatic carbocycles. The van der Waals surface area contributed by atoms with Gasteiger partial charge < -0.3 is 0 Å². The van der Waals surface area contributed by atoms with E-state index in [1.165, 1.54) is 54.6 Å². The highest BCUT2D eigenvalue weighted by atomic mass is 14.2. The third-order valence-electron chi connectivity index (χ3n) is 6.51.